The molecule has 1 saturated heterocycles. The molecule has 5 unspecified atom stereocenters. The summed E-state index contributed by atoms with van der Waals surface area (Å²) in [5.74, 6) is 0. The van der Waals surface area contributed by atoms with Crippen molar-refractivity contribution in [2.45, 2.75) is 28.5 Å². The second-order valence-electron chi connectivity index (χ2n) is 3.31. The lowest BCUT2D eigenvalue weighted by atomic mass is 9.99. The zero-order chi connectivity index (χ0) is 12.5. The summed E-state index contributed by atoms with van der Waals surface area (Å²) in [7, 11) is -4.51. The van der Waals surface area contributed by atoms with Crippen LogP contribution in [0.25, 0.3) is 0 Å². The first-order valence-electron chi connectivity index (χ1n) is 4.27. The smallest absolute Gasteiger partial charge is 0.333 e. The Morgan fingerprint density at radius 1 is 1.31 bits per heavy atom. The fourth-order valence-electron chi connectivity index (χ4n) is 1.37. The largest absolute Gasteiger partial charge is 0.394 e. The van der Waals surface area contributed by atoms with Gasteiger partial charge in [0, 0.05) is 0 Å². The van der Waals surface area contributed by atoms with Gasteiger partial charge in [0.1, 0.15) is 22.4 Å². The van der Waals surface area contributed by atoms with Crippen LogP contribution in [0.2, 0.25) is 0 Å². The van der Waals surface area contributed by atoms with Crippen molar-refractivity contribution in [2.24, 2.45) is 0 Å². The Balaban J connectivity index is 2.80. The van der Waals surface area contributed by atoms with E-state index >= 15 is 0 Å². The number of rotatable bonds is 3. The Morgan fingerprint density at radius 3 is 2.31 bits per heavy atom. The fourth-order valence-corrected chi connectivity index (χ4v) is 3.20. The molecule has 10 heteroatoms. The van der Waals surface area contributed by atoms with Crippen LogP contribution in [0.15, 0.2) is 0 Å². The van der Waals surface area contributed by atoms with Crippen molar-refractivity contribution >= 4 is 32.9 Å². The zero-order valence-corrected chi connectivity index (χ0v) is 10.9. The van der Waals surface area contributed by atoms with Gasteiger partial charge in [-0.2, -0.15) is 13.1 Å². The first-order valence-corrected chi connectivity index (χ1v) is 6.96. The van der Waals surface area contributed by atoms with Gasteiger partial charge < -0.3 is 20.1 Å². The minimum absolute atomic E-state index is 0.504. The molecule has 1 heterocycles. The minimum Gasteiger partial charge on any atom is -0.394 e. The Bertz CT molecular complexity index is 336. The van der Waals surface area contributed by atoms with E-state index in [-0.39, 0.29) is 0 Å². The van der Waals surface area contributed by atoms with E-state index in [0.29, 0.717) is 0 Å². The molecule has 0 amide bonds. The highest BCUT2D eigenvalue weighted by atomic mass is 127. The number of aliphatic hydroxyl groups is 3. The first-order chi connectivity index (χ1) is 7.26. The van der Waals surface area contributed by atoms with Gasteiger partial charge >= 0.3 is 10.3 Å². The van der Waals surface area contributed by atoms with Crippen LogP contribution >= 0.6 is 22.6 Å². The lowest BCUT2D eigenvalue weighted by Crippen LogP contribution is -2.62. The highest BCUT2D eigenvalue weighted by molar-refractivity contribution is 14.1. The lowest BCUT2D eigenvalue weighted by molar-refractivity contribution is -0.164. The quantitative estimate of drug-likeness (QED) is 0.213. The van der Waals surface area contributed by atoms with Crippen molar-refractivity contribution in [3.8, 4) is 0 Å². The monoisotopic (exact) mass is 369 g/mol. The molecule has 0 spiro atoms. The predicted molar refractivity (Wildman–Crippen MR) is 60.3 cm³/mol. The molecule has 1 aliphatic heterocycles. The maximum atomic E-state index is 10.6. The van der Waals surface area contributed by atoms with Gasteiger partial charge in [0.15, 0.2) is 0 Å². The van der Waals surface area contributed by atoms with Crippen LogP contribution in [0.4, 0.5) is 0 Å². The summed E-state index contributed by atoms with van der Waals surface area (Å²) in [6.07, 6.45) is -3.90. The average molecular weight is 369 g/mol. The summed E-state index contributed by atoms with van der Waals surface area (Å²) in [6, 6.07) is -1.19. The number of nitrogens with one attached hydrogen (secondary N) is 1. The molecular weight excluding hydrogens is 357 g/mol. The van der Waals surface area contributed by atoms with Gasteiger partial charge in [-0.1, -0.05) is 0 Å². The van der Waals surface area contributed by atoms with Crippen LogP contribution in [0.1, 0.15) is 0 Å². The topological polar surface area (TPSA) is 136 Å². The van der Waals surface area contributed by atoms with Crippen molar-refractivity contribution < 1.29 is 33.0 Å². The second-order valence-corrected chi connectivity index (χ2v) is 5.72. The minimum atomic E-state index is -4.51. The number of aliphatic hydroxyl groups excluding tert-OH is 3. The van der Waals surface area contributed by atoms with E-state index in [1.807, 2.05) is 0 Å². The maximum Gasteiger partial charge on any atom is 0.333 e. The molecule has 0 aliphatic carbocycles. The van der Waals surface area contributed by atoms with E-state index in [4.69, 9.17) is 14.4 Å². The molecule has 16 heavy (non-hydrogen) atoms. The fraction of sp³-hybridized carbons (Fsp3) is 1.00. The van der Waals surface area contributed by atoms with Crippen LogP contribution in [0, 0.1) is 0 Å². The van der Waals surface area contributed by atoms with Gasteiger partial charge in [-0.3, -0.25) is 4.55 Å². The van der Waals surface area contributed by atoms with E-state index in [2.05, 4.69) is 0 Å². The van der Waals surface area contributed by atoms with Crippen molar-refractivity contribution in [3.63, 3.8) is 0 Å². The number of hydrogen-bond donors (Lipinski definition) is 5. The summed E-state index contributed by atoms with van der Waals surface area (Å²) in [6.45, 7) is -0.504. The molecule has 0 saturated carbocycles. The van der Waals surface area contributed by atoms with E-state index in [1.54, 1.807) is 27.3 Å². The standard InChI is InChI=1S/C6H12INO7S/c7-6-3(8-16(12,13)14)5(11)4(10)2(1-9)15-6/h2-6,8-11H,1H2,(H,12,13,14). The molecule has 5 N–H and O–H groups in total. The molecule has 0 bridgehead atoms. The highest BCUT2D eigenvalue weighted by Crippen LogP contribution is 2.25. The second kappa shape index (κ2) is 5.39. The third kappa shape index (κ3) is 3.46. The van der Waals surface area contributed by atoms with Crippen molar-refractivity contribution in [3.05, 3.63) is 0 Å². The number of hydrogen-bond acceptors (Lipinski definition) is 6. The van der Waals surface area contributed by atoms with Crippen molar-refractivity contribution in [1.29, 1.82) is 0 Å². The van der Waals surface area contributed by atoms with Gasteiger partial charge in [-0.25, -0.2) is 0 Å². The average Bonchev–Trinajstić information content (AvgIpc) is 2.17. The molecule has 1 rings (SSSR count). The Labute approximate surface area is 106 Å². The van der Waals surface area contributed by atoms with E-state index in [1.165, 1.54) is 0 Å². The molecular formula is C6H12INO7S. The van der Waals surface area contributed by atoms with Crippen molar-refractivity contribution in [1.82, 2.24) is 4.72 Å². The molecule has 1 fully saturated rings. The normalized spacial score (nSPS) is 40.9. The molecule has 1 aliphatic rings. The van der Waals surface area contributed by atoms with Gasteiger partial charge in [0.2, 0.25) is 0 Å². The molecule has 8 nitrogen and oxygen atoms in total. The summed E-state index contributed by atoms with van der Waals surface area (Å²) in [5.41, 5.74) is 0. The Hall–Kier alpha value is 0.440. The van der Waals surface area contributed by atoms with Gasteiger partial charge in [0.25, 0.3) is 0 Å². The van der Waals surface area contributed by atoms with Gasteiger partial charge in [0.05, 0.1) is 12.6 Å². The van der Waals surface area contributed by atoms with Crippen LogP contribution in [0.3, 0.4) is 0 Å². The number of alkyl halides is 1. The SMILES string of the molecule is O=S(=O)(O)NC1C(I)OC(CO)C(O)C1O. The third-order valence-corrected chi connectivity index (χ3v) is 3.79. The van der Waals surface area contributed by atoms with Crippen LogP contribution in [-0.2, 0) is 15.0 Å². The summed E-state index contributed by atoms with van der Waals surface area (Å²) >= 11 is 1.68. The van der Waals surface area contributed by atoms with E-state index in [9.17, 15) is 18.6 Å². The molecule has 0 radical (unpaired) electrons. The summed E-state index contributed by atoms with van der Waals surface area (Å²) in [4.78, 5) is 0. The number of ether oxygens (including phenoxy) is 1. The van der Waals surface area contributed by atoms with Gasteiger partial charge in [-0.15, -0.1) is 0 Å². The summed E-state index contributed by atoms with van der Waals surface area (Å²) < 4.78 is 35.7. The lowest BCUT2D eigenvalue weighted by Gasteiger charge is -2.39. The predicted octanol–water partition coefficient (Wildman–Crippen LogP) is -2.38. The Morgan fingerprint density at radius 2 is 1.88 bits per heavy atom. The Kier molecular flexibility index (Phi) is 4.88. The summed E-state index contributed by atoms with van der Waals surface area (Å²) in [5, 5.41) is 27.9. The zero-order valence-electron chi connectivity index (χ0n) is 7.89. The first kappa shape index (κ1) is 14.5. The molecule has 0 aromatic carbocycles. The van der Waals surface area contributed by atoms with Crippen LogP contribution in [0.5, 0.6) is 0 Å². The van der Waals surface area contributed by atoms with Gasteiger partial charge in [-0.05, 0) is 22.6 Å². The third-order valence-electron chi connectivity index (χ3n) is 2.15. The van der Waals surface area contributed by atoms with Crippen LogP contribution in [-0.4, -0.2) is 63.4 Å². The van der Waals surface area contributed by atoms with E-state index < -0.39 is 45.4 Å². The molecule has 5 atom stereocenters. The van der Waals surface area contributed by atoms with Crippen LogP contribution < -0.4 is 4.72 Å². The number of halogens is 1. The highest BCUT2D eigenvalue weighted by Gasteiger charge is 2.44. The maximum absolute atomic E-state index is 10.6. The molecule has 96 valence electrons. The molecule has 0 aromatic rings. The van der Waals surface area contributed by atoms with Crippen molar-refractivity contribution in [2.75, 3.05) is 6.61 Å². The molecule has 0 aromatic heterocycles. The van der Waals surface area contributed by atoms with E-state index in [0.717, 1.165) is 0 Å².